The molecule has 0 spiro atoms. The van der Waals surface area contributed by atoms with Crippen LogP contribution in [0.15, 0.2) is 120 Å². The van der Waals surface area contributed by atoms with E-state index < -0.39 is 23.7 Å². The molecule has 1 atom stereocenters. The number of para-hydroxylation sites is 3. The van der Waals surface area contributed by atoms with Crippen LogP contribution in [0.3, 0.4) is 0 Å². The number of rotatable bonds is 11. The number of alkyl carbamates (subject to hydrolysis) is 1. The summed E-state index contributed by atoms with van der Waals surface area (Å²) < 4.78 is 10.9. The van der Waals surface area contributed by atoms with E-state index in [0.29, 0.717) is 28.2 Å². The topological polar surface area (TPSA) is 126 Å². The van der Waals surface area contributed by atoms with E-state index in [1.807, 2.05) is 66.7 Å². The zero-order chi connectivity index (χ0) is 33.1. The average molecular weight is 620 g/mol. The molecule has 0 radical (unpaired) electrons. The summed E-state index contributed by atoms with van der Waals surface area (Å²) in [6.45, 7) is 6.96. The molecule has 0 heterocycles. The highest BCUT2D eigenvalue weighted by molar-refractivity contribution is 6.05. The highest BCUT2D eigenvalue weighted by Gasteiger charge is 2.27. The number of carbonyl (C=O) groups excluding carboxylic acids is 3. The third kappa shape index (κ3) is 9.92. The summed E-state index contributed by atoms with van der Waals surface area (Å²) in [5, 5.41) is 16.8. The molecule has 9 nitrogen and oxygen atoms in total. The number of hydrogen-bond donors (Lipinski definition) is 3. The molecule has 0 aliphatic heterocycles. The Morgan fingerprint density at radius 1 is 0.870 bits per heavy atom. The summed E-state index contributed by atoms with van der Waals surface area (Å²) in [6.07, 6.45) is 2.34. The van der Waals surface area contributed by atoms with Gasteiger partial charge in [0, 0.05) is 35.5 Å². The molecular weight excluding hydrogens is 582 g/mol. The van der Waals surface area contributed by atoms with Crippen LogP contribution < -0.4 is 15.4 Å². The number of hydrogen-bond acceptors (Lipinski definition) is 8. The Bertz CT molecular complexity index is 1730. The van der Waals surface area contributed by atoms with E-state index in [-0.39, 0.29) is 23.7 Å². The highest BCUT2D eigenvalue weighted by Crippen LogP contribution is 2.31. The van der Waals surface area contributed by atoms with E-state index in [1.54, 1.807) is 58.0 Å². The van der Waals surface area contributed by atoms with Gasteiger partial charge in [-0.3, -0.25) is 9.79 Å². The van der Waals surface area contributed by atoms with Gasteiger partial charge in [-0.05, 0) is 57.5 Å². The van der Waals surface area contributed by atoms with Gasteiger partial charge in [0.2, 0.25) is 0 Å². The average Bonchev–Trinajstić information content (AvgIpc) is 3.01. The van der Waals surface area contributed by atoms with Crippen molar-refractivity contribution in [3.63, 3.8) is 0 Å². The molecule has 236 valence electrons. The maximum atomic E-state index is 13.3. The number of nitrogens with one attached hydrogen (secondary N) is 2. The number of ether oxygens (including phenoxy) is 2. The van der Waals surface area contributed by atoms with Crippen LogP contribution in [0.4, 0.5) is 16.2 Å². The lowest BCUT2D eigenvalue weighted by atomic mass is 10.1. The zero-order valence-corrected chi connectivity index (χ0v) is 26.2. The number of amides is 1. The number of nitrogens with zero attached hydrogens (tertiary/aromatic N) is 1. The molecule has 0 unspecified atom stereocenters. The molecule has 0 bridgehead atoms. The number of allylic oxidation sites excluding steroid dienone is 2. The van der Waals surface area contributed by atoms with Crippen molar-refractivity contribution in [3.8, 4) is 11.5 Å². The highest BCUT2D eigenvalue weighted by atomic mass is 16.6. The Morgan fingerprint density at radius 2 is 1.52 bits per heavy atom. The molecule has 46 heavy (non-hydrogen) atoms. The van der Waals surface area contributed by atoms with Crippen LogP contribution >= 0.6 is 0 Å². The minimum atomic E-state index is -1.09. The maximum absolute atomic E-state index is 13.3. The fraction of sp³-hybridized carbons (Fsp3) is 0.189. The second-order valence-corrected chi connectivity index (χ2v) is 11.5. The van der Waals surface area contributed by atoms with Gasteiger partial charge in [0.15, 0.2) is 17.3 Å². The quantitative estimate of drug-likeness (QED) is 0.0526. The molecule has 0 saturated carbocycles. The Balaban J connectivity index is 1.50. The minimum absolute atomic E-state index is 0.0948. The van der Waals surface area contributed by atoms with E-state index >= 15 is 0 Å². The Labute approximate surface area is 268 Å². The van der Waals surface area contributed by atoms with E-state index in [4.69, 9.17) is 9.47 Å². The molecule has 0 saturated heterocycles. The summed E-state index contributed by atoms with van der Waals surface area (Å²) in [5.74, 6) is -1.30. The number of benzene rings is 4. The van der Waals surface area contributed by atoms with Crippen molar-refractivity contribution in [1.29, 1.82) is 0 Å². The number of ketones is 1. The second-order valence-electron chi connectivity index (χ2n) is 11.5. The van der Waals surface area contributed by atoms with Crippen molar-refractivity contribution >= 4 is 35.4 Å². The first-order chi connectivity index (χ1) is 22.0. The van der Waals surface area contributed by atoms with Gasteiger partial charge < -0.3 is 25.2 Å². The van der Waals surface area contributed by atoms with Crippen LogP contribution in [-0.4, -0.2) is 40.8 Å². The number of aliphatic imine (C=N–C) groups is 1. The Morgan fingerprint density at radius 3 is 2.22 bits per heavy atom. The van der Waals surface area contributed by atoms with Crippen molar-refractivity contribution in [3.05, 3.63) is 132 Å². The summed E-state index contributed by atoms with van der Waals surface area (Å²) in [6, 6.07) is 29.0. The van der Waals surface area contributed by atoms with Gasteiger partial charge in [0.05, 0.1) is 11.4 Å². The minimum Gasteiger partial charge on any atom is -0.504 e. The smallest absolute Gasteiger partial charge is 0.408 e. The van der Waals surface area contributed by atoms with E-state index in [0.717, 1.165) is 5.56 Å². The number of aromatic hydroxyl groups is 1. The molecule has 9 heteroatoms. The van der Waals surface area contributed by atoms with Crippen LogP contribution in [0.5, 0.6) is 11.5 Å². The van der Waals surface area contributed by atoms with Gasteiger partial charge in [-0.25, -0.2) is 9.59 Å². The number of phenolic OH excluding ortho intramolecular Hbond substituents is 1. The number of esters is 1. The van der Waals surface area contributed by atoms with Crippen LogP contribution in [0.1, 0.15) is 49.2 Å². The van der Waals surface area contributed by atoms with Crippen LogP contribution in [0, 0.1) is 0 Å². The van der Waals surface area contributed by atoms with Crippen molar-refractivity contribution in [2.24, 2.45) is 4.99 Å². The number of carbonyl (C=O) groups is 3. The van der Waals surface area contributed by atoms with Crippen molar-refractivity contribution < 1.29 is 29.0 Å². The van der Waals surface area contributed by atoms with Gasteiger partial charge in [-0.15, -0.1) is 0 Å². The molecule has 0 aliphatic carbocycles. The largest absolute Gasteiger partial charge is 0.504 e. The normalized spacial score (nSPS) is 12.3. The predicted octanol–water partition coefficient (Wildman–Crippen LogP) is 7.38. The molecule has 1 amide bonds. The fourth-order valence-electron chi connectivity index (χ4n) is 4.36. The Kier molecular flexibility index (Phi) is 11.1. The van der Waals surface area contributed by atoms with E-state index in [1.165, 1.54) is 18.4 Å². The SMILES string of the molecule is CC(=CC(=O)c1ccccc1)Nc1ccccc1N=Cc1cccc(OC(=O)[C@H](Cc2ccccc2)NC(=O)OC(C)(C)C)c1O. The monoisotopic (exact) mass is 619 g/mol. The van der Waals surface area contributed by atoms with E-state index in [2.05, 4.69) is 15.6 Å². The van der Waals surface area contributed by atoms with Crippen LogP contribution in [-0.2, 0) is 16.0 Å². The van der Waals surface area contributed by atoms with Crippen LogP contribution in [0.2, 0.25) is 0 Å². The molecule has 4 aromatic rings. The third-order valence-corrected chi connectivity index (χ3v) is 6.48. The summed E-state index contributed by atoms with van der Waals surface area (Å²) in [5.41, 5.74) is 2.73. The fourth-order valence-corrected chi connectivity index (χ4v) is 4.36. The predicted molar refractivity (Wildman–Crippen MR) is 179 cm³/mol. The van der Waals surface area contributed by atoms with Gasteiger partial charge in [-0.1, -0.05) is 78.9 Å². The van der Waals surface area contributed by atoms with E-state index in [9.17, 15) is 19.5 Å². The lowest BCUT2D eigenvalue weighted by Gasteiger charge is -2.23. The summed E-state index contributed by atoms with van der Waals surface area (Å²) in [4.78, 5) is 43.0. The van der Waals surface area contributed by atoms with Gasteiger partial charge in [0.25, 0.3) is 0 Å². The third-order valence-electron chi connectivity index (χ3n) is 6.48. The van der Waals surface area contributed by atoms with Crippen molar-refractivity contribution in [2.75, 3.05) is 5.32 Å². The Hall–Kier alpha value is -5.70. The lowest BCUT2D eigenvalue weighted by molar-refractivity contribution is -0.136. The molecular formula is C37H37N3O6. The molecule has 0 aromatic heterocycles. The standard InChI is InChI=1S/C37H37N3O6/c1-25(22-32(41)27-16-9-6-10-17-27)39-30-20-12-11-19-29(30)38-24-28-18-13-21-33(34(28)42)45-35(43)31(23-26-14-7-5-8-15-26)40-36(44)46-37(2,3)4/h5-22,24,31,39,42H,23H2,1-4H3,(H,40,44)/t31-/m0/s1. The first-order valence-electron chi connectivity index (χ1n) is 14.7. The van der Waals surface area contributed by atoms with Gasteiger partial charge in [0.1, 0.15) is 11.6 Å². The molecule has 4 rings (SSSR count). The molecule has 3 N–H and O–H groups in total. The van der Waals surface area contributed by atoms with Crippen molar-refractivity contribution in [2.45, 2.75) is 45.8 Å². The first-order valence-corrected chi connectivity index (χ1v) is 14.7. The second kappa shape index (κ2) is 15.3. The zero-order valence-electron chi connectivity index (χ0n) is 26.2. The summed E-state index contributed by atoms with van der Waals surface area (Å²) >= 11 is 0. The van der Waals surface area contributed by atoms with Crippen molar-refractivity contribution in [1.82, 2.24) is 5.32 Å². The lowest BCUT2D eigenvalue weighted by Crippen LogP contribution is -2.46. The maximum Gasteiger partial charge on any atom is 0.408 e. The molecule has 0 aliphatic rings. The number of anilines is 1. The first kappa shape index (κ1) is 33.2. The molecule has 0 fully saturated rings. The summed E-state index contributed by atoms with van der Waals surface area (Å²) in [7, 11) is 0. The number of phenols is 1. The van der Waals surface area contributed by atoms with Gasteiger partial charge in [-0.2, -0.15) is 0 Å². The van der Waals surface area contributed by atoms with Crippen LogP contribution in [0.25, 0.3) is 0 Å². The molecule has 4 aromatic carbocycles. The van der Waals surface area contributed by atoms with Gasteiger partial charge >= 0.3 is 12.1 Å².